The zero-order chi connectivity index (χ0) is 35.6. The van der Waals surface area contributed by atoms with E-state index in [0.29, 0.717) is 54.0 Å². The molecule has 4 aromatic carbocycles. The number of aryl methyl sites for hydroxylation is 3. The number of benzene rings is 4. The van der Waals surface area contributed by atoms with E-state index in [0.717, 1.165) is 38.9 Å². The van der Waals surface area contributed by atoms with E-state index in [-0.39, 0.29) is 18.5 Å². The molecule has 0 heterocycles. The average molecular weight is 707 g/mol. The van der Waals surface area contributed by atoms with Crippen LogP contribution in [0, 0.1) is 13.8 Å². The van der Waals surface area contributed by atoms with Gasteiger partial charge in [-0.1, -0.05) is 77.8 Å². The standard InChI is InChI=1S/C40H45Cl2NO6/c1-26-21-35(41)38(36(42)22-26)48-20-19-47-32-15-11-28(12-16-32)24-31(25-43-39(45)49-40(3,4)5)33-17-13-30(23-27(33)2)34-10-8-7-9-29(34)14-18-37(44)46-6/h7-13,15-17,21-23,31H,14,18-20,24-25H2,1-6H3,(H,43,45). The van der Waals surface area contributed by atoms with Crippen molar-refractivity contribution in [3.05, 3.63) is 117 Å². The maximum absolute atomic E-state index is 12.6. The van der Waals surface area contributed by atoms with Crippen LogP contribution in [0.5, 0.6) is 11.5 Å². The fraction of sp³-hybridized carbons (Fsp3) is 0.350. The third kappa shape index (κ3) is 11.4. The van der Waals surface area contributed by atoms with Crippen molar-refractivity contribution in [3.63, 3.8) is 0 Å². The van der Waals surface area contributed by atoms with Crippen LogP contribution in [-0.4, -0.2) is 44.5 Å². The number of carbonyl (C=O) groups is 2. The van der Waals surface area contributed by atoms with Crippen molar-refractivity contribution in [2.24, 2.45) is 0 Å². The molecule has 0 saturated heterocycles. The van der Waals surface area contributed by atoms with Gasteiger partial charge < -0.3 is 24.3 Å². The fourth-order valence-corrected chi connectivity index (χ4v) is 6.31. The highest BCUT2D eigenvalue weighted by Gasteiger charge is 2.21. The summed E-state index contributed by atoms with van der Waals surface area (Å²) < 4.78 is 22.1. The first-order chi connectivity index (χ1) is 23.3. The molecule has 4 rings (SSSR count). The van der Waals surface area contributed by atoms with Gasteiger partial charge in [-0.25, -0.2) is 4.79 Å². The summed E-state index contributed by atoms with van der Waals surface area (Å²) in [5.41, 5.74) is 6.91. The number of hydrogen-bond acceptors (Lipinski definition) is 6. The van der Waals surface area contributed by atoms with Crippen molar-refractivity contribution in [2.45, 2.75) is 65.4 Å². The Morgan fingerprint density at radius 1 is 0.857 bits per heavy atom. The lowest BCUT2D eigenvalue weighted by atomic mass is 9.86. The number of alkyl carbamates (subject to hydrolysis) is 1. The molecule has 0 aliphatic heterocycles. The number of amides is 1. The Kier molecular flexibility index (Phi) is 13.4. The van der Waals surface area contributed by atoms with Gasteiger partial charge in [0.05, 0.1) is 17.2 Å². The molecule has 1 atom stereocenters. The Hall–Kier alpha value is -4.20. The number of hydrogen-bond donors (Lipinski definition) is 1. The third-order valence-electron chi connectivity index (χ3n) is 7.90. The number of carbonyl (C=O) groups excluding carboxylic acids is 2. The van der Waals surface area contributed by atoms with Crippen LogP contribution in [0.2, 0.25) is 10.0 Å². The predicted molar refractivity (Wildman–Crippen MR) is 196 cm³/mol. The van der Waals surface area contributed by atoms with Gasteiger partial charge in [0.1, 0.15) is 24.6 Å². The van der Waals surface area contributed by atoms with Gasteiger partial charge >= 0.3 is 12.1 Å². The Balaban J connectivity index is 1.47. The minimum absolute atomic E-state index is 0.0275. The molecule has 1 amide bonds. The molecule has 0 aliphatic rings. The SMILES string of the molecule is COC(=O)CCc1ccccc1-c1ccc(C(CNC(=O)OC(C)(C)C)Cc2ccc(OCCOc3c(Cl)cc(C)cc3Cl)cc2)c(C)c1. The normalized spacial score (nSPS) is 11.8. The quantitative estimate of drug-likeness (QED) is 0.104. The Labute approximate surface area is 299 Å². The minimum Gasteiger partial charge on any atom is -0.490 e. The number of methoxy groups -OCH3 is 1. The Morgan fingerprint density at radius 3 is 2.18 bits per heavy atom. The molecule has 260 valence electrons. The molecule has 0 aromatic heterocycles. The maximum atomic E-state index is 12.6. The highest BCUT2D eigenvalue weighted by Crippen LogP contribution is 2.34. The van der Waals surface area contributed by atoms with Gasteiger partial charge in [0.25, 0.3) is 0 Å². The van der Waals surface area contributed by atoms with Crippen LogP contribution in [0.1, 0.15) is 60.9 Å². The van der Waals surface area contributed by atoms with Crippen molar-refractivity contribution in [1.82, 2.24) is 5.32 Å². The molecular formula is C40H45Cl2NO6. The van der Waals surface area contributed by atoms with Gasteiger partial charge in [0.2, 0.25) is 0 Å². The summed E-state index contributed by atoms with van der Waals surface area (Å²) in [6.45, 7) is 10.5. The zero-order valence-corrected chi connectivity index (χ0v) is 30.5. The smallest absolute Gasteiger partial charge is 0.407 e. The molecule has 0 bridgehead atoms. The van der Waals surface area contributed by atoms with Crippen LogP contribution in [-0.2, 0) is 27.1 Å². The second-order valence-electron chi connectivity index (χ2n) is 13.0. The largest absolute Gasteiger partial charge is 0.490 e. The summed E-state index contributed by atoms with van der Waals surface area (Å²) in [5.74, 6) is 0.901. The summed E-state index contributed by atoms with van der Waals surface area (Å²) >= 11 is 12.6. The first-order valence-electron chi connectivity index (χ1n) is 16.4. The lowest BCUT2D eigenvalue weighted by Crippen LogP contribution is -2.35. The molecule has 4 aromatic rings. The van der Waals surface area contributed by atoms with Crippen molar-refractivity contribution < 1.29 is 28.5 Å². The topological polar surface area (TPSA) is 83.1 Å². The zero-order valence-electron chi connectivity index (χ0n) is 29.0. The second-order valence-corrected chi connectivity index (χ2v) is 13.8. The molecule has 0 aliphatic carbocycles. The van der Waals surface area contributed by atoms with Gasteiger partial charge in [-0.15, -0.1) is 0 Å². The van der Waals surface area contributed by atoms with E-state index in [2.05, 4.69) is 36.5 Å². The lowest BCUT2D eigenvalue weighted by Gasteiger charge is -2.24. The third-order valence-corrected chi connectivity index (χ3v) is 8.46. The monoisotopic (exact) mass is 705 g/mol. The Bertz CT molecular complexity index is 1710. The first kappa shape index (κ1) is 37.6. The summed E-state index contributed by atoms with van der Waals surface area (Å²) in [7, 11) is 1.41. The summed E-state index contributed by atoms with van der Waals surface area (Å²) in [5, 5.41) is 3.92. The van der Waals surface area contributed by atoms with E-state index in [1.807, 2.05) is 82.3 Å². The molecule has 0 radical (unpaired) electrons. The number of esters is 1. The first-order valence-corrected chi connectivity index (χ1v) is 17.1. The average Bonchev–Trinajstić information content (AvgIpc) is 3.04. The van der Waals surface area contributed by atoms with Crippen LogP contribution in [0.25, 0.3) is 11.1 Å². The molecule has 1 N–H and O–H groups in total. The summed E-state index contributed by atoms with van der Waals surface area (Å²) in [6.07, 6.45) is 1.14. The van der Waals surface area contributed by atoms with E-state index in [1.165, 1.54) is 7.11 Å². The van der Waals surface area contributed by atoms with Crippen molar-refractivity contribution in [2.75, 3.05) is 26.9 Å². The van der Waals surface area contributed by atoms with Crippen molar-refractivity contribution in [1.29, 1.82) is 0 Å². The van der Waals surface area contributed by atoms with Crippen LogP contribution < -0.4 is 14.8 Å². The van der Waals surface area contributed by atoms with Crippen LogP contribution in [0.15, 0.2) is 78.9 Å². The highest BCUT2D eigenvalue weighted by atomic mass is 35.5. The van der Waals surface area contributed by atoms with Crippen molar-refractivity contribution in [3.8, 4) is 22.6 Å². The molecule has 49 heavy (non-hydrogen) atoms. The number of halogens is 2. The van der Waals surface area contributed by atoms with Gasteiger partial charge in [-0.3, -0.25) is 4.79 Å². The van der Waals surface area contributed by atoms with Crippen LogP contribution in [0.4, 0.5) is 4.79 Å². The van der Waals surface area contributed by atoms with Gasteiger partial charge in [0.15, 0.2) is 5.75 Å². The fourth-order valence-electron chi connectivity index (χ4n) is 5.61. The number of rotatable bonds is 14. The Morgan fingerprint density at radius 2 is 1.53 bits per heavy atom. The van der Waals surface area contributed by atoms with Gasteiger partial charge in [-0.2, -0.15) is 0 Å². The molecule has 0 saturated carbocycles. The van der Waals surface area contributed by atoms with Crippen molar-refractivity contribution >= 4 is 35.3 Å². The summed E-state index contributed by atoms with van der Waals surface area (Å²) in [4.78, 5) is 24.5. The number of ether oxygens (including phenoxy) is 4. The molecule has 9 heteroatoms. The van der Waals surface area contributed by atoms with Gasteiger partial charge in [-0.05, 0) is 111 Å². The minimum atomic E-state index is -0.599. The molecule has 0 fully saturated rings. The number of nitrogens with one attached hydrogen (secondary N) is 1. The maximum Gasteiger partial charge on any atom is 0.407 e. The van der Waals surface area contributed by atoms with E-state index in [9.17, 15) is 9.59 Å². The van der Waals surface area contributed by atoms with Crippen LogP contribution >= 0.6 is 23.2 Å². The van der Waals surface area contributed by atoms with E-state index >= 15 is 0 Å². The molecule has 1 unspecified atom stereocenters. The lowest BCUT2D eigenvalue weighted by molar-refractivity contribution is -0.140. The van der Waals surface area contributed by atoms with Crippen LogP contribution in [0.3, 0.4) is 0 Å². The second kappa shape index (κ2) is 17.5. The molecule has 0 spiro atoms. The molecular weight excluding hydrogens is 661 g/mol. The van der Waals surface area contributed by atoms with Gasteiger partial charge in [0, 0.05) is 18.9 Å². The molecule has 7 nitrogen and oxygen atoms in total. The summed E-state index contributed by atoms with van der Waals surface area (Å²) in [6, 6.07) is 26.1. The predicted octanol–water partition coefficient (Wildman–Crippen LogP) is 9.69. The highest BCUT2D eigenvalue weighted by molar-refractivity contribution is 6.37. The van der Waals surface area contributed by atoms with E-state index < -0.39 is 11.7 Å². The van der Waals surface area contributed by atoms with E-state index in [1.54, 1.807) is 0 Å². The van der Waals surface area contributed by atoms with E-state index in [4.69, 9.17) is 42.1 Å².